The third-order valence-corrected chi connectivity index (χ3v) is 3.46. The van der Waals surface area contributed by atoms with Crippen LogP contribution in [0.3, 0.4) is 0 Å². The molecule has 1 fully saturated rings. The van der Waals surface area contributed by atoms with Crippen LogP contribution >= 0.6 is 0 Å². The summed E-state index contributed by atoms with van der Waals surface area (Å²) in [6.07, 6.45) is 6.94. The molecule has 88 valence electrons. The minimum atomic E-state index is 0.765. The lowest BCUT2D eigenvalue weighted by Gasteiger charge is -2.11. The predicted octanol–water partition coefficient (Wildman–Crippen LogP) is 2.96. The molecule has 1 heterocycles. The second kappa shape index (κ2) is 5.19. The molecule has 1 aliphatic carbocycles. The van der Waals surface area contributed by atoms with Gasteiger partial charge in [0.1, 0.15) is 5.82 Å². The lowest BCUT2D eigenvalue weighted by atomic mass is 10.0. The van der Waals surface area contributed by atoms with Crippen LogP contribution in [0, 0.1) is 12.8 Å². The van der Waals surface area contributed by atoms with E-state index in [0.29, 0.717) is 0 Å². The van der Waals surface area contributed by atoms with Gasteiger partial charge in [0.05, 0.1) is 11.4 Å². The summed E-state index contributed by atoms with van der Waals surface area (Å²) >= 11 is 0. The van der Waals surface area contributed by atoms with Crippen molar-refractivity contribution in [3.8, 4) is 0 Å². The Morgan fingerprint density at radius 3 is 2.81 bits per heavy atom. The Balaban J connectivity index is 1.78. The summed E-state index contributed by atoms with van der Waals surface area (Å²) in [6.45, 7) is 2.97. The Hall–Kier alpha value is -1.25. The smallest absolute Gasteiger partial charge is 0.126 e. The first-order chi connectivity index (χ1) is 7.75. The van der Waals surface area contributed by atoms with Crippen molar-refractivity contribution in [1.29, 1.82) is 0 Å². The number of rotatable bonds is 4. The highest BCUT2D eigenvalue weighted by atomic mass is 15.0. The molecule has 1 saturated carbocycles. The largest absolute Gasteiger partial charge is 0.397 e. The van der Waals surface area contributed by atoms with Gasteiger partial charge in [0, 0.05) is 6.54 Å². The fourth-order valence-electron chi connectivity index (χ4n) is 2.37. The van der Waals surface area contributed by atoms with Gasteiger partial charge in [-0.25, -0.2) is 4.98 Å². The molecule has 1 aliphatic rings. The third kappa shape index (κ3) is 2.87. The molecule has 3 heteroatoms. The van der Waals surface area contributed by atoms with Crippen LogP contribution in [0.1, 0.15) is 37.8 Å². The van der Waals surface area contributed by atoms with Crippen molar-refractivity contribution in [3.63, 3.8) is 0 Å². The van der Waals surface area contributed by atoms with Crippen LogP contribution in [0.15, 0.2) is 12.1 Å². The summed E-state index contributed by atoms with van der Waals surface area (Å²) in [5, 5.41) is 3.37. The third-order valence-electron chi connectivity index (χ3n) is 3.46. The number of pyridine rings is 1. The van der Waals surface area contributed by atoms with Gasteiger partial charge in [-0.15, -0.1) is 0 Å². The first-order valence-electron chi connectivity index (χ1n) is 6.22. The van der Waals surface area contributed by atoms with Crippen molar-refractivity contribution in [2.75, 3.05) is 17.6 Å². The molecule has 0 bridgehead atoms. The molecule has 0 radical (unpaired) electrons. The molecule has 1 aromatic rings. The van der Waals surface area contributed by atoms with Gasteiger partial charge in [-0.3, -0.25) is 0 Å². The lowest BCUT2D eigenvalue weighted by Crippen LogP contribution is -2.08. The van der Waals surface area contributed by atoms with Gasteiger partial charge in [0.2, 0.25) is 0 Å². The number of aromatic nitrogens is 1. The Morgan fingerprint density at radius 1 is 1.38 bits per heavy atom. The van der Waals surface area contributed by atoms with Crippen molar-refractivity contribution in [3.05, 3.63) is 17.8 Å². The number of nitrogens with one attached hydrogen (secondary N) is 1. The maximum Gasteiger partial charge on any atom is 0.126 e. The van der Waals surface area contributed by atoms with Crippen molar-refractivity contribution < 1.29 is 0 Å². The molecule has 0 aromatic carbocycles. The van der Waals surface area contributed by atoms with E-state index < -0.39 is 0 Å². The van der Waals surface area contributed by atoms with E-state index in [0.717, 1.165) is 29.7 Å². The van der Waals surface area contributed by atoms with Crippen LogP contribution in [0.5, 0.6) is 0 Å². The summed E-state index contributed by atoms with van der Waals surface area (Å²) in [7, 11) is 0. The van der Waals surface area contributed by atoms with Gasteiger partial charge in [-0.2, -0.15) is 0 Å². The number of anilines is 2. The second-order valence-corrected chi connectivity index (χ2v) is 4.74. The number of nitrogen functional groups attached to an aromatic ring is 1. The number of aryl methyl sites for hydroxylation is 1. The molecule has 0 atom stereocenters. The molecule has 1 aromatic heterocycles. The van der Waals surface area contributed by atoms with Crippen molar-refractivity contribution in [2.24, 2.45) is 5.92 Å². The maximum absolute atomic E-state index is 5.73. The fraction of sp³-hybridized carbons (Fsp3) is 0.615. The summed E-state index contributed by atoms with van der Waals surface area (Å²) in [4.78, 5) is 4.40. The fourth-order valence-corrected chi connectivity index (χ4v) is 2.37. The summed E-state index contributed by atoms with van der Waals surface area (Å²) < 4.78 is 0. The van der Waals surface area contributed by atoms with E-state index in [2.05, 4.69) is 10.3 Å². The van der Waals surface area contributed by atoms with Crippen LogP contribution in [0.4, 0.5) is 11.5 Å². The van der Waals surface area contributed by atoms with E-state index in [4.69, 9.17) is 5.73 Å². The lowest BCUT2D eigenvalue weighted by molar-refractivity contribution is 0.518. The van der Waals surface area contributed by atoms with Gasteiger partial charge in [-0.05, 0) is 31.4 Å². The molecule has 16 heavy (non-hydrogen) atoms. The number of hydrogen-bond acceptors (Lipinski definition) is 3. The number of hydrogen-bond donors (Lipinski definition) is 2. The van der Waals surface area contributed by atoms with E-state index in [9.17, 15) is 0 Å². The van der Waals surface area contributed by atoms with E-state index in [1.165, 1.54) is 32.1 Å². The molecule has 0 amide bonds. The number of nitrogens with two attached hydrogens (primary N) is 1. The zero-order valence-electron chi connectivity index (χ0n) is 10.00. The molecule has 3 N–H and O–H groups in total. The van der Waals surface area contributed by atoms with E-state index in [-0.39, 0.29) is 0 Å². The highest BCUT2D eigenvalue weighted by Gasteiger charge is 2.14. The molecule has 2 rings (SSSR count). The minimum Gasteiger partial charge on any atom is -0.397 e. The summed E-state index contributed by atoms with van der Waals surface area (Å²) in [5.41, 5.74) is 7.40. The van der Waals surface area contributed by atoms with E-state index >= 15 is 0 Å². The van der Waals surface area contributed by atoms with Crippen molar-refractivity contribution in [1.82, 2.24) is 4.98 Å². The standard InChI is InChI=1S/C13H21N3/c1-10-12(14)6-7-13(16-10)15-9-8-11-4-2-3-5-11/h6-7,11H,2-5,8-9,14H2,1H3,(H,15,16). The molecule has 0 unspecified atom stereocenters. The normalized spacial score (nSPS) is 16.6. The number of nitrogens with zero attached hydrogens (tertiary/aromatic N) is 1. The quantitative estimate of drug-likeness (QED) is 0.818. The van der Waals surface area contributed by atoms with Crippen LogP contribution in [0.2, 0.25) is 0 Å². The Morgan fingerprint density at radius 2 is 2.12 bits per heavy atom. The Bertz CT molecular complexity index is 343. The monoisotopic (exact) mass is 219 g/mol. The summed E-state index contributed by atoms with van der Waals surface area (Å²) in [5.74, 6) is 1.88. The van der Waals surface area contributed by atoms with Gasteiger partial charge in [-0.1, -0.05) is 25.7 Å². The molecule has 0 saturated heterocycles. The molecule has 0 spiro atoms. The SMILES string of the molecule is Cc1nc(NCCC2CCCC2)ccc1N. The van der Waals surface area contributed by atoms with Crippen molar-refractivity contribution >= 4 is 11.5 Å². The predicted molar refractivity (Wildman–Crippen MR) is 68.5 cm³/mol. The molecular weight excluding hydrogens is 198 g/mol. The summed E-state index contributed by atoms with van der Waals surface area (Å²) in [6, 6.07) is 3.87. The molecule has 0 aliphatic heterocycles. The van der Waals surface area contributed by atoms with Crippen LogP contribution in [0.25, 0.3) is 0 Å². The first kappa shape index (κ1) is 11.2. The zero-order chi connectivity index (χ0) is 11.4. The minimum absolute atomic E-state index is 0.765. The van der Waals surface area contributed by atoms with Gasteiger partial charge in [0.25, 0.3) is 0 Å². The highest BCUT2D eigenvalue weighted by molar-refractivity contribution is 5.48. The Labute approximate surface area is 97.5 Å². The average Bonchev–Trinajstić information content (AvgIpc) is 2.76. The average molecular weight is 219 g/mol. The maximum atomic E-state index is 5.73. The van der Waals surface area contributed by atoms with E-state index in [1.807, 2.05) is 19.1 Å². The molecule has 3 nitrogen and oxygen atoms in total. The van der Waals surface area contributed by atoms with Crippen LogP contribution in [-0.4, -0.2) is 11.5 Å². The first-order valence-corrected chi connectivity index (χ1v) is 6.22. The van der Waals surface area contributed by atoms with Gasteiger partial charge < -0.3 is 11.1 Å². The van der Waals surface area contributed by atoms with Gasteiger partial charge >= 0.3 is 0 Å². The topological polar surface area (TPSA) is 50.9 Å². The molecular formula is C13H21N3. The zero-order valence-corrected chi connectivity index (χ0v) is 10.00. The van der Waals surface area contributed by atoms with Crippen LogP contribution < -0.4 is 11.1 Å². The van der Waals surface area contributed by atoms with Crippen LogP contribution in [-0.2, 0) is 0 Å². The Kier molecular flexibility index (Phi) is 3.65. The van der Waals surface area contributed by atoms with E-state index in [1.54, 1.807) is 0 Å². The second-order valence-electron chi connectivity index (χ2n) is 4.74. The highest BCUT2D eigenvalue weighted by Crippen LogP contribution is 2.27. The van der Waals surface area contributed by atoms with Crippen molar-refractivity contribution in [2.45, 2.75) is 39.0 Å². The van der Waals surface area contributed by atoms with Gasteiger partial charge in [0.15, 0.2) is 0 Å².